The molecule has 0 atom stereocenters. The summed E-state index contributed by atoms with van der Waals surface area (Å²) in [6, 6.07) is 9.46. The second kappa shape index (κ2) is 6.10. The van der Waals surface area contributed by atoms with E-state index in [1.807, 2.05) is 24.3 Å². The van der Waals surface area contributed by atoms with E-state index in [1.165, 1.54) is 0 Å². The predicted molar refractivity (Wildman–Crippen MR) is 78.3 cm³/mol. The highest BCUT2D eigenvalue weighted by Crippen LogP contribution is 2.19. The molecular formula is C14H13IO4. The van der Waals surface area contributed by atoms with Gasteiger partial charge in [-0.2, -0.15) is 0 Å². The average Bonchev–Trinajstić information content (AvgIpc) is 2.68. The van der Waals surface area contributed by atoms with E-state index in [1.54, 1.807) is 13.0 Å². The Bertz CT molecular complexity index is 572. The maximum atomic E-state index is 10.6. The van der Waals surface area contributed by atoms with Crippen molar-refractivity contribution in [2.24, 2.45) is 0 Å². The molecule has 0 radical (unpaired) electrons. The van der Waals surface area contributed by atoms with Crippen LogP contribution in [0.15, 0.2) is 34.7 Å². The van der Waals surface area contributed by atoms with E-state index in [2.05, 4.69) is 22.6 Å². The molecular weight excluding hydrogens is 359 g/mol. The molecule has 0 bridgehead atoms. The first-order valence-corrected chi connectivity index (χ1v) is 6.81. The SMILES string of the molecule is Cc1oc(CC(=O)O)cc1COc1ccc(I)cc1. The van der Waals surface area contributed by atoms with Crippen LogP contribution in [-0.2, 0) is 17.8 Å². The first-order valence-electron chi connectivity index (χ1n) is 5.73. The Hall–Kier alpha value is -1.50. The molecule has 0 aliphatic carbocycles. The Labute approximate surface area is 124 Å². The van der Waals surface area contributed by atoms with Crippen LogP contribution in [0.2, 0.25) is 0 Å². The minimum absolute atomic E-state index is 0.107. The third-order valence-corrected chi connectivity index (χ3v) is 3.32. The van der Waals surface area contributed by atoms with Gasteiger partial charge in [0.1, 0.15) is 30.3 Å². The van der Waals surface area contributed by atoms with Gasteiger partial charge in [0.05, 0.1) is 0 Å². The zero-order chi connectivity index (χ0) is 13.8. The van der Waals surface area contributed by atoms with Gasteiger partial charge >= 0.3 is 5.97 Å². The van der Waals surface area contributed by atoms with E-state index in [4.69, 9.17) is 14.3 Å². The monoisotopic (exact) mass is 372 g/mol. The van der Waals surface area contributed by atoms with Crippen LogP contribution in [0.5, 0.6) is 5.75 Å². The molecule has 19 heavy (non-hydrogen) atoms. The summed E-state index contributed by atoms with van der Waals surface area (Å²) in [6.45, 7) is 2.17. The van der Waals surface area contributed by atoms with Gasteiger partial charge in [0, 0.05) is 9.13 Å². The van der Waals surface area contributed by atoms with Crippen LogP contribution in [0.25, 0.3) is 0 Å². The Kier molecular flexibility index (Phi) is 4.47. The van der Waals surface area contributed by atoms with Crippen LogP contribution < -0.4 is 4.74 Å². The molecule has 2 rings (SSSR count). The van der Waals surface area contributed by atoms with E-state index in [9.17, 15) is 4.79 Å². The Morgan fingerprint density at radius 2 is 2.05 bits per heavy atom. The van der Waals surface area contributed by atoms with Crippen molar-refractivity contribution in [2.75, 3.05) is 0 Å². The van der Waals surface area contributed by atoms with Gasteiger partial charge in [-0.1, -0.05) is 0 Å². The van der Waals surface area contributed by atoms with Gasteiger partial charge in [-0.15, -0.1) is 0 Å². The van der Waals surface area contributed by atoms with Gasteiger partial charge in [0.15, 0.2) is 0 Å². The number of furan rings is 1. The minimum atomic E-state index is -0.904. The number of halogens is 1. The van der Waals surface area contributed by atoms with E-state index >= 15 is 0 Å². The lowest BCUT2D eigenvalue weighted by molar-refractivity contribution is -0.136. The highest BCUT2D eigenvalue weighted by molar-refractivity contribution is 14.1. The van der Waals surface area contributed by atoms with Gasteiger partial charge in [-0.3, -0.25) is 4.79 Å². The Morgan fingerprint density at radius 3 is 2.68 bits per heavy atom. The Balaban J connectivity index is 2.01. The van der Waals surface area contributed by atoms with Crippen molar-refractivity contribution < 1.29 is 19.1 Å². The van der Waals surface area contributed by atoms with E-state index < -0.39 is 5.97 Å². The zero-order valence-corrected chi connectivity index (χ0v) is 12.5. The first kappa shape index (κ1) is 13.9. The molecule has 0 amide bonds. The average molecular weight is 372 g/mol. The summed E-state index contributed by atoms with van der Waals surface area (Å²) in [4.78, 5) is 10.6. The lowest BCUT2D eigenvalue weighted by Gasteiger charge is -2.04. The molecule has 5 heteroatoms. The number of hydrogen-bond acceptors (Lipinski definition) is 3. The fourth-order valence-electron chi connectivity index (χ4n) is 1.66. The molecule has 100 valence electrons. The van der Waals surface area contributed by atoms with Gasteiger partial charge < -0.3 is 14.3 Å². The molecule has 4 nitrogen and oxygen atoms in total. The number of carboxylic acids is 1. The molecule has 0 saturated carbocycles. The van der Waals surface area contributed by atoms with E-state index in [0.717, 1.165) is 14.9 Å². The Morgan fingerprint density at radius 1 is 1.37 bits per heavy atom. The van der Waals surface area contributed by atoms with Gasteiger partial charge in [-0.25, -0.2) is 0 Å². The van der Waals surface area contributed by atoms with Crippen molar-refractivity contribution in [2.45, 2.75) is 20.0 Å². The molecule has 1 aromatic carbocycles. The second-order valence-corrected chi connectivity index (χ2v) is 5.35. The minimum Gasteiger partial charge on any atom is -0.489 e. The summed E-state index contributed by atoms with van der Waals surface area (Å²) >= 11 is 2.23. The zero-order valence-electron chi connectivity index (χ0n) is 10.4. The van der Waals surface area contributed by atoms with Crippen LogP contribution in [0.4, 0.5) is 0 Å². The summed E-state index contributed by atoms with van der Waals surface area (Å²) in [7, 11) is 0. The van der Waals surface area contributed by atoms with Gasteiger partial charge in [0.2, 0.25) is 0 Å². The van der Waals surface area contributed by atoms with Crippen molar-refractivity contribution in [1.29, 1.82) is 0 Å². The van der Waals surface area contributed by atoms with Crippen molar-refractivity contribution >= 4 is 28.6 Å². The topological polar surface area (TPSA) is 59.7 Å². The standard InChI is InChI=1S/C14H13IO4/c1-9-10(6-13(19-9)7-14(16)17)8-18-12-4-2-11(15)3-5-12/h2-6H,7-8H2,1H3,(H,16,17). The molecule has 0 saturated heterocycles. The summed E-state index contributed by atoms with van der Waals surface area (Å²) in [5.74, 6) is 1.02. The van der Waals surface area contributed by atoms with Gasteiger partial charge in [-0.05, 0) is 59.8 Å². The number of benzene rings is 1. The third kappa shape index (κ3) is 3.99. The quantitative estimate of drug-likeness (QED) is 0.818. The van der Waals surface area contributed by atoms with E-state index in [-0.39, 0.29) is 6.42 Å². The number of carboxylic acid groups (broad SMARTS) is 1. The first-order chi connectivity index (χ1) is 9.04. The summed E-state index contributed by atoms with van der Waals surface area (Å²) in [5.41, 5.74) is 0.870. The lowest BCUT2D eigenvalue weighted by atomic mass is 10.2. The molecule has 0 unspecified atom stereocenters. The molecule has 1 aromatic heterocycles. The molecule has 0 spiro atoms. The largest absolute Gasteiger partial charge is 0.489 e. The number of aryl methyl sites for hydroxylation is 1. The highest BCUT2D eigenvalue weighted by Gasteiger charge is 2.10. The van der Waals surface area contributed by atoms with Crippen LogP contribution >= 0.6 is 22.6 Å². The van der Waals surface area contributed by atoms with Crippen LogP contribution in [0.3, 0.4) is 0 Å². The lowest BCUT2D eigenvalue weighted by Crippen LogP contribution is -1.98. The second-order valence-electron chi connectivity index (χ2n) is 4.11. The predicted octanol–water partition coefficient (Wildman–Crippen LogP) is 3.40. The summed E-state index contributed by atoms with van der Waals surface area (Å²) in [5, 5.41) is 8.71. The van der Waals surface area contributed by atoms with Crippen molar-refractivity contribution in [3.63, 3.8) is 0 Å². The molecule has 1 N–H and O–H groups in total. The fourth-order valence-corrected chi connectivity index (χ4v) is 2.02. The van der Waals surface area contributed by atoms with Crippen LogP contribution in [0.1, 0.15) is 17.1 Å². The summed E-state index contributed by atoms with van der Waals surface area (Å²) < 4.78 is 12.2. The molecule has 0 aliphatic heterocycles. The van der Waals surface area contributed by atoms with Crippen LogP contribution in [0, 0.1) is 10.5 Å². The van der Waals surface area contributed by atoms with Crippen molar-refractivity contribution in [3.05, 3.63) is 51.0 Å². The van der Waals surface area contributed by atoms with Crippen LogP contribution in [-0.4, -0.2) is 11.1 Å². The molecule has 0 aliphatic rings. The number of hydrogen-bond donors (Lipinski definition) is 1. The highest BCUT2D eigenvalue weighted by atomic mass is 127. The third-order valence-electron chi connectivity index (χ3n) is 2.61. The number of aliphatic carboxylic acids is 1. The maximum Gasteiger partial charge on any atom is 0.311 e. The van der Waals surface area contributed by atoms with Gasteiger partial charge in [0.25, 0.3) is 0 Å². The molecule has 0 fully saturated rings. The summed E-state index contributed by atoms with van der Waals surface area (Å²) in [6.07, 6.45) is -0.107. The smallest absolute Gasteiger partial charge is 0.311 e. The van der Waals surface area contributed by atoms with Crippen molar-refractivity contribution in [3.8, 4) is 5.75 Å². The number of carbonyl (C=O) groups is 1. The molecule has 2 aromatic rings. The maximum absolute atomic E-state index is 10.6. The molecule has 1 heterocycles. The number of rotatable bonds is 5. The van der Waals surface area contributed by atoms with Crippen molar-refractivity contribution in [1.82, 2.24) is 0 Å². The van der Waals surface area contributed by atoms with E-state index in [0.29, 0.717) is 18.1 Å². The fraction of sp³-hybridized carbons (Fsp3) is 0.214. The number of ether oxygens (including phenoxy) is 1. The normalized spacial score (nSPS) is 10.4.